The Kier molecular flexibility index (Phi) is 6.03. The van der Waals surface area contributed by atoms with Crippen molar-refractivity contribution in [2.24, 2.45) is 7.05 Å². The zero-order valence-electron chi connectivity index (χ0n) is 22.3. The van der Waals surface area contributed by atoms with Crippen LogP contribution in [0, 0.1) is 12.7 Å². The molecule has 1 aliphatic rings. The molecule has 1 fully saturated rings. The number of nitrogens with zero attached hydrogens (tertiary/aromatic N) is 1. The number of fused-ring (bicyclic) bond motifs is 3. The van der Waals surface area contributed by atoms with Gasteiger partial charge in [-0.05, 0) is 55.0 Å². The van der Waals surface area contributed by atoms with Crippen molar-refractivity contribution >= 4 is 40.4 Å². The molecule has 2 aromatic heterocycles. The molecule has 0 N–H and O–H groups in total. The number of benzene rings is 3. The second kappa shape index (κ2) is 9.25. The predicted molar refractivity (Wildman–Crippen MR) is 154 cm³/mol. The molecule has 1 aliphatic carbocycles. The van der Waals surface area contributed by atoms with Crippen molar-refractivity contribution in [3.8, 4) is 11.3 Å². The van der Waals surface area contributed by atoms with E-state index in [1.807, 2.05) is 31.4 Å². The van der Waals surface area contributed by atoms with Crippen molar-refractivity contribution < 1.29 is 13.4 Å². The van der Waals surface area contributed by atoms with Gasteiger partial charge >= 0.3 is 0 Å². The third-order valence-corrected chi connectivity index (χ3v) is 12.1. The molecule has 6 rings (SSSR count). The van der Waals surface area contributed by atoms with Gasteiger partial charge in [0.25, 0.3) is 0 Å². The molecule has 4 heteroatoms. The van der Waals surface area contributed by atoms with E-state index >= 15 is 4.39 Å². The number of halogens is 1. The first-order valence-electron chi connectivity index (χ1n) is 13.6. The molecule has 37 heavy (non-hydrogen) atoms. The largest absolute Gasteiger partial charge is 0.455 e. The summed E-state index contributed by atoms with van der Waals surface area (Å²) >= 11 is 0. The smallest absolute Gasteiger partial charge is 0.216 e. The number of aryl methyl sites for hydroxylation is 2. The highest BCUT2D eigenvalue weighted by Gasteiger charge is 2.34. The lowest BCUT2D eigenvalue weighted by Crippen LogP contribution is -2.54. The maximum Gasteiger partial charge on any atom is 0.216 e. The van der Waals surface area contributed by atoms with E-state index in [-0.39, 0.29) is 5.82 Å². The number of aromatic nitrogens is 1. The second-order valence-electron chi connectivity index (χ2n) is 11.3. The highest BCUT2D eigenvalue weighted by molar-refractivity contribution is 7.01. The average molecular weight is 509 g/mol. The molecule has 188 valence electrons. The van der Waals surface area contributed by atoms with Gasteiger partial charge in [-0.1, -0.05) is 73.9 Å². The Morgan fingerprint density at radius 2 is 1.54 bits per heavy atom. The van der Waals surface area contributed by atoms with Gasteiger partial charge in [-0.2, -0.15) is 0 Å². The third-order valence-electron chi connectivity index (χ3n) is 8.61. The predicted octanol–water partition coefficient (Wildman–Crippen LogP) is 7.40. The highest BCUT2D eigenvalue weighted by Crippen LogP contribution is 2.37. The summed E-state index contributed by atoms with van der Waals surface area (Å²) in [5, 5.41) is 4.03. The van der Waals surface area contributed by atoms with Gasteiger partial charge in [0.15, 0.2) is 6.20 Å². The van der Waals surface area contributed by atoms with Crippen molar-refractivity contribution in [3.63, 3.8) is 0 Å². The molecule has 1 saturated carbocycles. The van der Waals surface area contributed by atoms with E-state index in [0.717, 1.165) is 38.4 Å². The van der Waals surface area contributed by atoms with Crippen LogP contribution >= 0.6 is 0 Å². The Labute approximate surface area is 219 Å². The SMILES string of the molecule is Cc1ccc2c(oc3c([Si](C)(C)c4ccc(C5CCCCC5)cc4)c(F)ccc32)c1-c1cccc[n+]1C. The first kappa shape index (κ1) is 24.1. The Balaban J connectivity index is 1.52. The van der Waals surface area contributed by atoms with Gasteiger partial charge in [-0.3, -0.25) is 0 Å². The van der Waals surface area contributed by atoms with Crippen LogP contribution in [0.4, 0.5) is 4.39 Å². The quantitative estimate of drug-likeness (QED) is 0.183. The molecule has 0 bridgehead atoms. The Morgan fingerprint density at radius 1 is 0.838 bits per heavy atom. The second-order valence-corrected chi connectivity index (χ2v) is 15.6. The molecule has 0 amide bonds. The first-order chi connectivity index (χ1) is 17.9. The first-order valence-corrected chi connectivity index (χ1v) is 16.6. The highest BCUT2D eigenvalue weighted by atomic mass is 28.3. The molecule has 0 aliphatic heterocycles. The molecule has 2 nitrogen and oxygen atoms in total. The summed E-state index contributed by atoms with van der Waals surface area (Å²) < 4.78 is 24.5. The summed E-state index contributed by atoms with van der Waals surface area (Å²) in [4.78, 5) is 0. The summed E-state index contributed by atoms with van der Waals surface area (Å²) in [7, 11) is -0.345. The van der Waals surface area contributed by atoms with Crippen LogP contribution in [0.15, 0.2) is 77.3 Å². The standard InChI is InChI=1S/C33H35FNOSi/c1-22-13-18-26-27-19-20-28(34)33(32(27)36-31(26)30(22)29-12-8-9-21-35(29)2)37(3,4)25-16-14-24(15-17-25)23-10-6-5-7-11-23/h8-9,12-21,23H,5-7,10-11H2,1-4H3/q+1. The van der Waals surface area contributed by atoms with Crippen LogP contribution in [0.5, 0.6) is 0 Å². The molecule has 0 radical (unpaired) electrons. The average Bonchev–Trinajstić information content (AvgIpc) is 3.27. The van der Waals surface area contributed by atoms with Gasteiger partial charge in [-0.15, -0.1) is 0 Å². The van der Waals surface area contributed by atoms with Crippen LogP contribution in [0.3, 0.4) is 0 Å². The maximum absolute atomic E-state index is 15.7. The van der Waals surface area contributed by atoms with Crippen LogP contribution in [-0.4, -0.2) is 8.07 Å². The molecule has 0 spiro atoms. The topological polar surface area (TPSA) is 17.0 Å². The fraction of sp³-hybridized carbons (Fsp3) is 0.303. The number of rotatable bonds is 4. The minimum Gasteiger partial charge on any atom is -0.455 e. The number of hydrogen-bond acceptors (Lipinski definition) is 1. The van der Waals surface area contributed by atoms with Gasteiger partial charge in [0.2, 0.25) is 5.69 Å². The minimum absolute atomic E-state index is 0.164. The van der Waals surface area contributed by atoms with E-state index in [1.54, 1.807) is 6.07 Å². The van der Waals surface area contributed by atoms with E-state index in [9.17, 15) is 0 Å². The molecular formula is C33H35FNOSi+. The van der Waals surface area contributed by atoms with Gasteiger partial charge in [0.05, 0.1) is 5.56 Å². The molecule has 2 heterocycles. The van der Waals surface area contributed by atoms with E-state index in [0.29, 0.717) is 11.5 Å². The summed E-state index contributed by atoms with van der Waals surface area (Å²) in [6.07, 6.45) is 8.64. The lowest BCUT2D eigenvalue weighted by Gasteiger charge is -2.26. The monoisotopic (exact) mass is 508 g/mol. The van der Waals surface area contributed by atoms with Crippen molar-refractivity contribution in [1.82, 2.24) is 0 Å². The lowest BCUT2D eigenvalue weighted by atomic mass is 9.84. The van der Waals surface area contributed by atoms with E-state index in [2.05, 4.69) is 67.0 Å². The van der Waals surface area contributed by atoms with Crippen molar-refractivity contribution in [2.75, 3.05) is 0 Å². The molecule has 0 saturated heterocycles. The van der Waals surface area contributed by atoms with Crippen LogP contribution < -0.4 is 14.9 Å². The fourth-order valence-electron chi connectivity index (χ4n) is 6.41. The minimum atomic E-state index is -2.39. The molecule has 0 unspecified atom stereocenters. The number of furan rings is 1. The zero-order valence-corrected chi connectivity index (χ0v) is 23.3. The summed E-state index contributed by atoms with van der Waals surface area (Å²) in [6.45, 7) is 6.61. The van der Waals surface area contributed by atoms with Crippen LogP contribution in [-0.2, 0) is 7.05 Å². The Hall–Kier alpha value is -3.24. The van der Waals surface area contributed by atoms with E-state index < -0.39 is 8.07 Å². The van der Waals surface area contributed by atoms with Crippen molar-refractivity contribution in [2.45, 2.75) is 58.0 Å². The van der Waals surface area contributed by atoms with Crippen LogP contribution in [0.25, 0.3) is 33.2 Å². The van der Waals surface area contributed by atoms with Crippen molar-refractivity contribution in [1.29, 1.82) is 0 Å². The van der Waals surface area contributed by atoms with Gasteiger partial charge in [0.1, 0.15) is 32.1 Å². The maximum atomic E-state index is 15.7. The Bertz CT molecular complexity index is 1610. The lowest BCUT2D eigenvalue weighted by molar-refractivity contribution is -0.660. The molecule has 5 aromatic rings. The molecule has 0 atom stereocenters. The van der Waals surface area contributed by atoms with Crippen LogP contribution in [0.1, 0.15) is 49.1 Å². The van der Waals surface area contributed by atoms with Crippen molar-refractivity contribution in [3.05, 3.63) is 89.9 Å². The van der Waals surface area contributed by atoms with Crippen LogP contribution in [0.2, 0.25) is 13.1 Å². The number of hydrogen-bond donors (Lipinski definition) is 0. The van der Waals surface area contributed by atoms with Gasteiger partial charge in [-0.25, -0.2) is 8.96 Å². The zero-order chi connectivity index (χ0) is 25.7. The summed E-state index contributed by atoms with van der Waals surface area (Å²) in [5.41, 5.74) is 6.27. The summed E-state index contributed by atoms with van der Waals surface area (Å²) in [6, 6.07) is 23.1. The fourth-order valence-corrected chi connectivity index (χ4v) is 9.14. The van der Waals surface area contributed by atoms with E-state index in [4.69, 9.17) is 4.42 Å². The third kappa shape index (κ3) is 4.02. The Morgan fingerprint density at radius 3 is 2.27 bits per heavy atom. The molecule has 3 aromatic carbocycles. The molecular weight excluding hydrogens is 473 g/mol. The van der Waals surface area contributed by atoms with Gasteiger partial charge in [0, 0.05) is 28.1 Å². The number of pyridine rings is 1. The normalized spacial score (nSPS) is 15.1. The van der Waals surface area contributed by atoms with Gasteiger partial charge < -0.3 is 4.42 Å². The summed E-state index contributed by atoms with van der Waals surface area (Å²) in [5.74, 6) is 0.507. The van der Waals surface area contributed by atoms with E-state index in [1.165, 1.54) is 42.9 Å².